The summed E-state index contributed by atoms with van der Waals surface area (Å²) in [5.41, 5.74) is 0.658. The van der Waals surface area contributed by atoms with E-state index >= 15 is 0 Å². The summed E-state index contributed by atoms with van der Waals surface area (Å²) in [6.07, 6.45) is 0. The van der Waals surface area contributed by atoms with Crippen molar-refractivity contribution in [1.82, 2.24) is 0 Å². The van der Waals surface area contributed by atoms with Crippen molar-refractivity contribution in [2.45, 2.75) is 0 Å². The van der Waals surface area contributed by atoms with Crippen LogP contribution >= 0.6 is 34.5 Å². The number of halogens is 2. The van der Waals surface area contributed by atoms with Crippen LogP contribution < -0.4 is 0 Å². The summed E-state index contributed by atoms with van der Waals surface area (Å²) in [6.45, 7) is 0. The van der Waals surface area contributed by atoms with Gasteiger partial charge >= 0.3 is 0 Å². The van der Waals surface area contributed by atoms with Gasteiger partial charge in [-0.05, 0) is 23.7 Å². The van der Waals surface area contributed by atoms with Crippen LogP contribution in [0.15, 0.2) is 28.7 Å². The van der Waals surface area contributed by atoms with E-state index in [-0.39, 0.29) is 5.71 Å². The third kappa shape index (κ3) is 2.29. The summed E-state index contributed by atoms with van der Waals surface area (Å²) < 4.78 is 0.967. The van der Waals surface area contributed by atoms with Gasteiger partial charge in [0.05, 0.1) is 0 Å². The minimum absolute atomic E-state index is 0.0634. The highest BCUT2D eigenvalue weighted by Gasteiger charge is 2.18. The second kappa shape index (κ2) is 5.04. The number of hydrogen-bond donors (Lipinski definition) is 0. The van der Waals surface area contributed by atoms with E-state index in [0.29, 0.717) is 10.6 Å². The van der Waals surface area contributed by atoms with Crippen LogP contribution in [0.1, 0.15) is 5.56 Å². The van der Waals surface area contributed by atoms with Crippen molar-refractivity contribution in [2.75, 3.05) is 7.11 Å². The van der Waals surface area contributed by atoms with E-state index < -0.39 is 5.24 Å². The molecule has 0 N–H and O–H groups in total. The van der Waals surface area contributed by atoms with Crippen LogP contribution in [0.5, 0.6) is 0 Å². The van der Waals surface area contributed by atoms with Gasteiger partial charge in [0.25, 0.3) is 5.24 Å². The van der Waals surface area contributed by atoms with E-state index in [9.17, 15) is 4.79 Å². The van der Waals surface area contributed by atoms with E-state index in [1.807, 2.05) is 12.1 Å². The molecule has 0 bridgehead atoms. The molecule has 17 heavy (non-hydrogen) atoms. The molecule has 0 fully saturated rings. The summed E-state index contributed by atoms with van der Waals surface area (Å²) in [6, 6.07) is 5.52. The average molecular weight is 288 g/mol. The Hall–Kier alpha value is -1.10. The lowest BCUT2D eigenvalue weighted by Gasteiger charge is -2.00. The number of rotatable bonds is 3. The first-order chi connectivity index (χ1) is 8.15. The predicted molar refractivity (Wildman–Crippen MR) is 71.2 cm³/mol. The highest BCUT2D eigenvalue weighted by Crippen LogP contribution is 2.32. The SMILES string of the molecule is CON=C(C(=O)Cl)c1csc2cccc(Cl)c12. The molecule has 0 atom stereocenters. The Bertz CT molecular complexity index is 607. The number of nitrogens with zero attached hydrogens (tertiary/aromatic N) is 1. The van der Waals surface area contributed by atoms with Crippen molar-refractivity contribution in [2.24, 2.45) is 5.16 Å². The van der Waals surface area contributed by atoms with Gasteiger partial charge in [-0.1, -0.05) is 22.8 Å². The van der Waals surface area contributed by atoms with Gasteiger partial charge in [-0.3, -0.25) is 4.79 Å². The Labute approximate surface area is 112 Å². The van der Waals surface area contributed by atoms with Crippen molar-refractivity contribution in [3.05, 3.63) is 34.2 Å². The molecule has 1 heterocycles. The number of oxime groups is 1. The zero-order valence-corrected chi connectivity index (χ0v) is 11.1. The van der Waals surface area contributed by atoms with Gasteiger partial charge in [-0.2, -0.15) is 0 Å². The van der Waals surface area contributed by atoms with Crippen molar-refractivity contribution in [1.29, 1.82) is 0 Å². The molecular formula is C11H7Cl2NO2S. The van der Waals surface area contributed by atoms with E-state index in [0.717, 1.165) is 10.1 Å². The number of carbonyl (C=O) groups excluding carboxylic acids is 1. The number of carbonyl (C=O) groups is 1. The summed E-state index contributed by atoms with van der Waals surface area (Å²) in [7, 11) is 1.36. The van der Waals surface area contributed by atoms with Crippen molar-refractivity contribution in [3.63, 3.8) is 0 Å². The lowest BCUT2D eigenvalue weighted by atomic mass is 10.1. The normalized spacial score (nSPS) is 11.8. The molecule has 0 aliphatic carbocycles. The minimum Gasteiger partial charge on any atom is -0.398 e. The largest absolute Gasteiger partial charge is 0.398 e. The summed E-state index contributed by atoms with van der Waals surface area (Å²) >= 11 is 13.1. The molecule has 1 aromatic heterocycles. The smallest absolute Gasteiger partial charge is 0.274 e. The van der Waals surface area contributed by atoms with Crippen LogP contribution in [0.25, 0.3) is 10.1 Å². The third-order valence-corrected chi connectivity index (χ3v) is 3.61. The first kappa shape index (κ1) is 12.4. The molecule has 0 radical (unpaired) electrons. The van der Waals surface area contributed by atoms with E-state index in [1.165, 1.54) is 18.4 Å². The Morgan fingerprint density at radius 3 is 2.88 bits per heavy atom. The zero-order valence-electron chi connectivity index (χ0n) is 8.74. The van der Waals surface area contributed by atoms with Gasteiger partial charge in [0.2, 0.25) is 0 Å². The lowest BCUT2D eigenvalue weighted by molar-refractivity contribution is -0.106. The fourth-order valence-corrected chi connectivity index (χ4v) is 2.94. The Balaban J connectivity index is 2.70. The third-order valence-electron chi connectivity index (χ3n) is 2.17. The highest BCUT2D eigenvalue weighted by molar-refractivity contribution is 7.18. The number of thiophene rings is 1. The fourth-order valence-electron chi connectivity index (χ4n) is 1.50. The lowest BCUT2D eigenvalue weighted by Crippen LogP contribution is -2.09. The Morgan fingerprint density at radius 1 is 1.47 bits per heavy atom. The van der Waals surface area contributed by atoms with Crippen LogP contribution in [0.3, 0.4) is 0 Å². The molecule has 6 heteroatoms. The maximum absolute atomic E-state index is 11.3. The van der Waals surface area contributed by atoms with Gasteiger partial charge in [0.15, 0.2) is 5.71 Å². The molecule has 0 aliphatic heterocycles. The number of benzene rings is 1. The quantitative estimate of drug-likeness (QED) is 0.491. The molecule has 0 spiro atoms. The average Bonchev–Trinajstić information content (AvgIpc) is 2.70. The number of fused-ring (bicyclic) bond motifs is 1. The van der Waals surface area contributed by atoms with Gasteiger partial charge in [0, 0.05) is 26.1 Å². The first-order valence-corrected chi connectivity index (χ1v) is 6.25. The molecule has 2 rings (SSSR count). The van der Waals surface area contributed by atoms with Gasteiger partial charge < -0.3 is 4.84 Å². The molecule has 0 aliphatic rings. The fraction of sp³-hybridized carbons (Fsp3) is 0.0909. The monoisotopic (exact) mass is 287 g/mol. The molecule has 88 valence electrons. The molecule has 3 nitrogen and oxygen atoms in total. The standard InChI is InChI=1S/C11H7Cl2NO2S/c1-16-14-10(11(13)15)6-5-17-8-4-2-3-7(12)9(6)8/h2-5H,1H3. The molecule has 0 saturated carbocycles. The maximum atomic E-state index is 11.3. The van der Waals surface area contributed by atoms with E-state index in [4.69, 9.17) is 23.2 Å². The van der Waals surface area contributed by atoms with Crippen LogP contribution in [-0.4, -0.2) is 18.1 Å². The Morgan fingerprint density at radius 2 is 2.24 bits per heavy atom. The molecule has 1 aromatic carbocycles. The second-order valence-corrected chi connectivity index (χ2v) is 4.82. The molecule has 0 saturated heterocycles. The van der Waals surface area contributed by atoms with Crippen molar-refractivity contribution in [3.8, 4) is 0 Å². The second-order valence-electron chi connectivity index (χ2n) is 3.16. The zero-order chi connectivity index (χ0) is 12.4. The molecule has 2 aromatic rings. The summed E-state index contributed by atoms with van der Waals surface area (Å²) in [4.78, 5) is 15.9. The van der Waals surface area contributed by atoms with Crippen LogP contribution in [0, 0.1) is 0 Å². The molecular weight excluding hydrogens is 281 g/mol. The van der Waals surface area contributed by atoms with E-state index in [1.54, 1.807) is 11.4 Å². The first-order valence-electron chi connectivity index (χ1n) is 4.62. The summed E-state index contributed by atoms with van der Waals surface area (Å²) in [5.74, 6) is 0. The highest BCUT2D eigenvalue weighted by atomic mass is 35.5. The maximum Gasteiger partial charge on any atom is 0.274 e. The van der Waals surface area contributed by atoms with Crippen LogP contribution in [-0.2, 0) is 9.63 Å². The van der Waals surface area contributed by atoms with Gasteiger partial charge in [-0.25, -0.2) is 0 Å². The van der Waals surface area contributed by atoms with Gasteiger partial charge in [-0.15, -0.1) is 11.3 Å². The van der Waals surface area contributed by atoms with Crippen molar-refractivity contribution < 1.29 is 9.63 Å². The van der Waals surface area contributed by atoms with Crippen LogP contribution in [0.4, 0.5) is 0 Å². The predicted octanol–water partition coefficient (Wildman–Crippen LogP) is 3.67. The minimum atomic E-state index is -0.675. The Kier molecular flexibility index (Phi) is 3.66. The van der Waals surface area contributed by atoms with Crippen molar-refractivity contribution >= 4 is 55.6 Å². The van der Waals surface area contributed by atoms with Crippen LogP contribution in [0.2, 0.25) is 5.02 Å². The number of hydrogen-bond acceptors (Lipinski definition) is 4. The summed E-state index contributed by atoms with van der Waals surface area (Å²) in [5, 5.41) is 6.08. The van der Waals surface area contributed by atoms with E-state index in [2.05, 4.69) is 9.99 Å². The molecule has 0 unspecified atom stereocenters. The van der Waals surface area contributed by atoms with Gasteiger partial charge in [0.1, 0.15) is 7.11 Å². The topological polar surface area (TPSA) is 38.7 Å². The molecule has 0 amide bonds.